The van der Waals surface area contributed by atoms with E-state index < -0.39 is 5.91 Å². The van der Waals surface area contributed by atoms with Crippen molar-refractivity contribution < 1.29 is 14.3 Å². The molecule has 2 aromatic rings. The van der Waals surface area contributed by atoms with Crippen LogP contribution >= 0.6 is 0 Å². The summed E-state index contributed by atoms with van der Waals surface area (Å²) >= 11 is 0. The molecule has 1 heterocycles. The van der Waals surface area contributed by atoms with Crippen LogP contribution in [0.2, 0.25) is 0 Å². The molecule has 0 unspecified atom stereocenters. The first-order valence-corrected chi connectivity index (χ1v) is 8.87. The van der Waals surface area contributed by atoms with Gasteiger partial charge in [-0.15, -0.1) is 0 Å². The van der Waals surface area contributed by atoms with Gasteiger partial charge < -0.3 is 20.7 Å². The van der Waals surface area contributed by atoms with E-state index >= 15 is 0 Å². The van der Waals surface area contributed by atoms with E-state index in [0.717, 1.165) is 37.6 Å². The number of carbonyl (C=O) groups excluding carboxylic acids is 2. The Morgan fingerprint density at radius 2 is 1.70 bits per heavy atom. The third-order valence-electron chi connectivity index (χ3n) is 4.63. The van der Waals surface area contributed by atoms with Crippen LogP contribution in [0.25, 0.3) is 0 Å². The van der Waals surface area contributed by atoms with E-state index in [1.165, 1.54) is 0 Å². The second-order valence-electron chi connectivity index (χ2n) is 6.39. The Morgan fingerprint density at radius 3 is 2.41 bits per heavy atom. The van der Waals surface area contributed by atoms with Crippen molar-refractivity contribution in [3.05, 3.63) is 54.1 Å². The molecule has 27 heavy (non-hydrogen) atoms. The van der Waals surface area contributed by atoms with Crippen LogP contribution < -0.4 is 20.7 Å². The van der Waals surface area contributed by atoms with E-state index in [-0.39, 0.29) is 12.5 Å². The summed E-state index contributed by atoms with van der Waals surface area (Å²) < 4.78 is 5.43. The minimum atomic E-state index is -0.559. The van der Waals surface area contributed by atoms with Gasteiger partial charge in [0.25, 0.3) is 5.91 Å². The van der Waals surface area contributed by atoms with Crippen molar-refractivity contribution in [1.82, 2.24) is 4.90 Å². The van der Waals surface area contributed by atoms with E-state index in [0.29, 0.717) is 11.3 Å². The number of methoxy groups -OCH3 is 1. The van der Waals surface area contributed by atoms with E-state index in [1.807, 2.05) is 24.3 Å². The molecule has 7 nitrogen and oxygen atoms in total. The molecule has 0 aliphatic carbocycles. The van der Waals surface area contributed by atoms with Gasteiger partial charge in [-0.05, 0) is 24.3 Å². The van der Waals surface area contributed by atoms with Crippen LogP contribution in [0.4, 0.5) is 11.4 Å². The quantitative estimate of drug-likeness (QED) is 0.808. The maximum Gasteiger partial charge on any atom is 0.250 e. The predicted molar refractivity (Wildman–Crippen MR) is 105 cm³/mol. The first-order chi connectivity index (χ1) is 13.1. The first-order valence-electron chi connectivity index (χ1n) is 8.87. The molecule has 1 saturated heterocycles. The van der Waals surface area contributed by atoms with Gasteiger partial charge in [-0.25, -0.2) is 0 Å². The van der Waals surface area contributed by atoms with Crippen LogP contribution in [0, 0.1) is 0 Å². The molecule has 2 amide bonds. The molecule has 0 bridgehead atoms. The lowest BCUT2D eigenvalue weighted by atomic mass is 10.1. The molecule has 0 spiro atoms. The largest absolute Gasteiger partial charge is 0.495 e. The number of ether oxygens (including phenoxy) is 1. The van der Waals surface area contributed by atoms with E-state index in [9.17, 15) is 9.59 Å². The van der Waals surface area contributed by atoms with Gasteiger partial charge in [-0.3, -0.25) is 14.5 Å². The molecule has 1 aliphatic rings. The Kier molecular flexibility index (Phi) is 5.93. The summed E-state index contributed by atoms with van der Waals surface area (Å²) in [5.41, 5.74) is 7.18. The first kappa shape index (κ1) is 18.7. The summed E-state index contributed by atoms with van der Waals surface area (Å²) in [6.45, 7) is 3.43. The molecule has 7 heteroatoms. The number of hydrogen-bond acceptors (Lipinski definition) is 5. The number of rotatable bonds is 6. The van der Waals surface area contributed by atoms with Crippen molar-refractivity contribution >= 4 is 23.2 Å². The number of hydrogen-bond donors (Lipinski definition) is 2. The summed E-state index contributed by atoms with van der Waals surface area (Å²) in [6.07, 6.45) is 0. The Morgan fingerprint density at radius 1 is 1.04 bits per heavy atom. The molecule has 3 rings (SSSR count). The van der Waals surface area contributed by atoms with Crippen molar-refractivity contribution in [2.24, 2.45) is 5.73 Å². The SMILES string of the molecule is COc1ccccc1N1CCN(CC(=O)Nc2ccccc2C(N)=O)CC1. The Bertz CT molecular complexity index is 816. The topological polar surface area (TPSA) is 87.9 Å². The summed E-state index contributed by atoms with van der Waals surface area (Å²) in [6, 6.07) is 14.7. The van der Waals surface area contributed by atoms with Gasteiger partial charge in [-0.1, -0.05) is 24.3 Å². The fraction of sp³-hybridized carbons (Fsp3) is 0.300. The van der Waals surface area contributed by atoms with E-state index in [4.69, 9.17) is 10.5 Å². The molecule has 2 aromatic carbocycles. The van der Waals surface area contributed by atoms with Gasteiger partial charge >= 0.3 is 0 Å². The summed E-state index contributed by atoms with van der Waals surface area (Å²) in [5.74, 6) is 0.137. The highest BCUT2D eigenvalue weighted by atomic mass is 16.5. The summed E-state index contributed by atoms with van der Waals surface area (Å²) in [4.78, 5) is 28.2. The van der Waals surface area contributed by atoms with Crippen LogP contribution in [-0.2, 0) is 4.79 Å². The van der Waals surface area contributed by atoms with Crippen LogP contribution in [-0.4, -0.2) is 56.5 Å². The van der Waals surface area contributed by atoms with Crippen molar-refractivity contribution in [2.45, 2.75) is 0 Å². The highest BCUT2D eigenvalue weighted by Gasteiger charge is 2.21. The second kappa shape index (κ2) is 8.55. The number of amides is 2. The van der Waals surface area contributed by atoms with Crippen LogP contribution in [0.5, 0.6) is 5.75 Å². The number of para-hydroxylation sites is 3. The van der Waals surface area contributed by atoms with Crippen molar-refractivity contribution in [3.63, 3.8) is 0 Å². The lowest BCUT2D eigenvalue weighted by Crippen LogP contribution is -2.48. The second-order valence-corrected chi connectivity index (χ2v) is 6.39. The van der Waals surface area contributed by atoms with Gasteiger partial charge in [0.05, 0.1) is 30.6 Å². The average molecular weight is 368 g/mol. The van der Waals surface area contributed by atoms with Crippen molar-refractivity contribution in [2.75, 3.05) is 50.1 Å². The Hall–Kier alpha value is -3.06. The van der Waals surface area contributed by atoms with Crippen LogP contribution in [0.15, 0.2) is 48.5 Å². The minimum absolute atomic E-state index is 0.158. The Labute approximate surface area is 158 Å². The number of anilines is 2. The number of nitrogens with two attached hydrogens (primary N) is 1. The van der Waals surface area contributed by atoms with Gasteiger partial charge in [0.15, 0.2) is 0 Å². The van der Waals surface area contributed by atoms with Crippen molar-refractivity contribution in [1.29, 1.82) is 0 Å². The zero-order valence-corrected chi connectivity index (χ0v) is 15.4. The standard InChI is InChI=1S/C20H24N4O3/c1-27-18-9-5-4-8-17(18)24-12-10-23(11-13-24)14-19(25)22-16-7-3-2-6-15(16)20(21)26/h2-9H,10-14H2,1H3,(H2,21,26)(H,22,25). The molecule has 0 atom stereocenters. The molecule has 1 fully saturated rings. The van der Waals surface area contributed by atoms with Crippen LogP contribution in [0.3, 0.4) is 0 Å². The lowest BCUT2D eigenvalue weighted by Gasteiger charge is -2.36. The van der Waals surface area contributed by atoms with Gasteiger partial charge in [0.1, 0.15) is 5.75 Å². The molecule has 0 radical (unpaired) electrons. The lowest BCUT2D eigenvalue weighted by molar-refractivity contribution is -0.117. The fourth-order valence-corrected chi connectivity index (χ4v) is 3.24. The molecule has 3 N–H and O–H groups in total. The van der Waals surface area contributed by atoms with Crippen LogP contribution in [0.1, 0.15) is 10.4 Å². The summed E-state index contributed by atoms with van der Waals surface area (Å²) in [7, 11) is 1.67. The van der Waals surface area contributed by atoms with Gasteiger partial charge in [0.2, 0.25) is 5.91 Å². The zero-order chi connectivity index (χ0) is 19.2. The highest BCUT2D eigenvalue weighted by molar-refractivity contribution is 6.03. The normalized spacial score (nSPS) is 14.6. The van der Waals surface area contributed by atoms with Gasteiger partial charge in [0, 0.05) is 26.2 Å². The smallest absolute Gasteiger partial charge is 0.250 e. The molecule has 0 aromatic heterocycles. The highest BCUT2D eigenvalue weighted by Crippen LogP contribution is 2.28. The molecule has 142 valence electrons. The monoisotopic (exact) mass is 368 g/mol. The molecular weight excluding hydrogens is 344 g/mol. The van der Waals surface area contributed by atoms with E-state index in [2.05, 4.69) is 15.1 Å². The minimum Gasteiger partial charge on any atom is -0.495 e. The van der Waals surface area contributed by atoms with E-state index in [1.54, 1.807) is 31.4 Å². The fourth-order valence-electron chi connectivity index (χ4n) is 3.24. The number of primary amides is 1. The third-order valence-corrected chi connectivity index (χ3v) is 4.63. The molecule has 0 saturated carbocycles. The maximum atomic E-state index is 12.4. The summed E-state index contributed by atoms with van der Waals surface area (Å²) in [5, 5.41) is 2.79. The number of nitrogens with one attached hydrogen (secondary N) is 1. The number of piperazine rings is 1. The number of carbonyl (C=O) groups is 2. The maximum absolute atomic E-state index is 12.4. The molecule has 1 aliphatic heterocycles. The molecular formula is C20H24N4O3. The van der Waals surface area contributed by atoms with Gasteiger partial charge in [-0.2, -0.15) is 0 Å². The van der Waals surface area contributed by atoms with Crippen molar-refractivity contribution in [3.8, 4) is 5.75 Å². The Balaban J connectivity index is 1.55. The predicted octanol–water partition coefficient (Wildman–Crippen LogP) is 1.55. The number of benzene rings is 2. The average Bonchev–Trinajstić information content (AvgIpc) is 2.68. The number of nitrogens with zero attached hydrogens (tertiary/aromatic N) is 2. The third kappa shape index (κ3) is 4.57. The zero-order valence-electron chi connectivity index (χ0n) is 15.4.